The zero-order valence-corrected chi connectivity index (χ0v) is 10.6. The molecular weight excluding hydrogens is 212 g/mol. The van der Waals surface area contributed by atoms with E-state index in [4.69, 9.17) is 4.74 Å². The van der Waals surface area contributed by atoms with E-state index in [1.54, 1.807) is 0 Å². The average molecular weight is 234 g/mol. The molecule has 0 aliphatic carbocycles. The fraction of sp³-hybridized carbons (Fsp3) is 0.600. The van der Waals surface area contributed by atoms with Crippen LogP contribution in [-0.2, 0) is 11.2 Å². The molecule has 1 heterocycles. The van der Waals surface area contributed by atoms with Gasteiger partial charge in [0.25, 0.3) is 0 Å². The molecule has 1 N–H and O–H groups in total. The minimum atomic E-state index is -0.570. The molecule has 0 amide bonds. The second-order valence-corrected chi connectivity index (χ2v) is 5.12. The first-order chi connectivity index (χ1) is 8.22. The van der Waals surface area contributed by atoms with E-state index >= 15 is 0 Å². The molecule has 1 aliphatic rings. The highest BCUT2D eigenvalue weighted by Gasteiger charge is 2.34. The van der Waals surface area contributed by atoms with Crippen LogP contribution in [0.3, 0.4) is 0 Å². The first kappa shape index (κ1) is 12.6. The van der Waals surface area contributed by atoms with E-state index in [1.165, 1.54) is 5.56 Å². The molecule has 94 valence electrons. The van der Waals surface area contributed by atoms with E-state index in [0.717, 1.165) is 32.1 Å². The normalized spacial score (nSPS) is 29.2. The quantitative estimate of drug-likeness (QED) is 0.868. The van der Waals surface area contributed by atoms with Gasteiger partial charge in [0, 0.05) is 19.4 Å². The van der Waals surface area contributed by atoms with Gasteiger partial charge in [-0.05, 0) is 18.4 Å². The summed E-state index contributed by atoms with van der Waals surface area (Å²) >= 11 is 0. The van der Waals surface area contributed by atoms with Gasteiger partial charge in [0.05, 0.1) is 11.7 Å². The molecule has 2 nitrogen and oxygen atoms in total. The number of hydrogen-bond donors (Lipinski definition) is 1. The molecule has 2 rings (SSSR count). The third-order valence-electron chi connectivity index (χ3n) is 3.52. The number of hydrogen-bond acceptors (Lipinski definition) is 2. The van der Waals surface area contributed by atoms with Gasteiger partial charge < -0.3 is 9.84 Å². The van der Waals surface area contributed by atoms with Crippen molar-refractivity contribution in [2.45, 2.75) is 50.7 Å². The predicted molar refractivity (Wildman–Crippen MR) is 69.0 cm³/mol. The molecule has 0 aromatic heterocycles. The van der Waals surface area contributed by atoms with Crippen molar-refractivity contribution in [1.82, 2.24) is 0 Å². The summed E-state index contributed by atoms with van der Waals surface area (Å²) in [5.41, 5.74) is 0.645. The Morgan fingerprint density at radius 1 is 1.35 bits per heavy atom. The van der Waals surface area contributed by atoms with Gasteiger partial charge in [-0.2, -0.15) is 0 Å². The molecule has 1 aromatic rings. The van der Waals surface area contributed by atoms with Crippen LogP contribution in [0.5, 0.6) is 0 Å². The lowest BCUT2D eigenvalue weighted by Crippen LogP contribution is -2.42. The van der Waals surface area contributed by atoms with Gasteiger partial charge in [0.2, 0.25) is 0 Å². The lowest BCUT2D eigenvalue weighted by atomic mass is 9.83. The zero-order chi connectivity index (χ0) is 12.1. The van der Waals surface area contributed by atoms with Gasteiger partial charge >= 0.3 is 0 Å². The van der Waals surface area contributed by atoms with Crippen molar-refractivity contribution in [2.75, 3.05) is 6.61 Å². The second-order valence-electron chi connectivity index (χ2n) is 5.12. The van der Waals surface area contributed by atoms with Crippen LogP contribution in [0.2, 0.25) is 0 Å². The summed E-state index contributed by atoms with van der Waals surface area (Å²) in [6.45, 7) is 2.85. The summed E-state index contributed by atoms with van der Waals surface area (Å²) in [6.07, 6.45) is 4.68. The molecule has 1 fully saturated rings. The zero-order valence-electron chi connectivity index (χ0n) is 10.6. The maximum absolute atomic E-state index is 10.6. The topological polar surface area (TPSA) is 29.5 Å². The third-order valence-corrected chi connectivity index (χ3v) is 3.52. The Morgan fingerprint density at radius 2 is 2.12 bits per heavy atom. The Bertz CT molecular complexity index is 334. The maximum atomic E-state index is 10.6. The van der Waals surface area contributed by atoms with Crippen molar-refractivity contribution >= 4 is 0 Å². The standard InChI is InChI=1S/C15H22O2/c1-2-6-14-12-15(16,9-10-17-14)11-13-7-4-3-5-8-13/h3-5,7-8,14,16H,2,6,9-12H2,1H3. The maximum Gasteiger partial charge on any atom is 0.0734 e. The van der Waals surface area contributed by atoms with Gasteiger partial charge in [-0.15, -0.1) is 0 Å². The lowest BCUT2D eigenvalue weighted by Gasteiger charge is -2.37. The molecule has 1 aliphatic heterocycles. The minimum absolute atomic E-state index is 0.238. The van der Waals surface area contributed by atoms with Gasteiger partial charge in [0.15, 0.2) is 0 Å². The third kappa shape index (κ3) is 3.55. The Kier molecular flexibility index (Phi) is 4.19. The summed E-state index contributed by atoms with van der Waals surface area (Å²) in [6, 6.07) is 10.2. The van der Waals surface area contributed by atoms with Crippen LogP contribution in [0.1, 0.15) is 38.2 Å². The Hall–Kier alpha value is -0.860. The molecule has 0 bridgehead atoms. The number of ether oxygens (including phenoxy) is 1. The van der Waals surface area contributed by atoms with Crippen molar-refractivity contribution in [1.29, 1.82) is 0 Å². The smallest absolute Gasteiger partial charge is 0.0734 e. The number of aliphatic hydroxyl groups is 1. The van der Waals surface area contributed by atoms with Crippen molar-refractivity contribution in [2.24, 2.45) is 0 Å². The van der Waals surface area contributed by atoms with Crippen LogP contribution in [0, 0.1) is 0 Å². The number of benzene rings is 1. The highest BCUT2D eigenvalue weighted by Crippen LogP contribution is 2.30. The largest absolute Gasteiger partial charge is 0.389 e. The molecular formula is C15H22O2. The van der Waals surface area contributed by atoms with Crippen LogP contribution >= 0.6 is 0 Å². The SMILES string of the molecule is CCCC1CC(O)(Cc2ccccc2)CCO1. The van der Waals surface area contributed by atoms with Crippen molar-refractivity contribution in [3.8, 4) is 0 Å². The Labute approximate surface area is 104 Å². The van der Waals surface area contributed by atoms with E-state index in [9.17, 15) is 5.11 Å². The highest BCUT2D eigenvalue weighted by atomic mass is 16.5. The van der Waals surface area contributed by atoms with Crippen LogP contribution in [0.4, 0.5) is 0 Å². The van der Waals surface area contributed by atoms with Crippen molar-refractivity contribution in [3.63, 3.8) is 0 Å². The molecule has 2 heteroatoms. The van der Waals surface area contributed by atoms with E-state index in [-0.39, 0.29) is 6.10 Å². The van der Waals surface area contributed by atoms with Crippen molar-refractivity contribution < 1.29 is 9.84 Å². The van der Waals surface area contributed by atoms with Crippen LogP contribution in [0.15, 0.2) is 30.3 Å². The molecule has 0 radical (unpaired) electrons. The summed E-state index contributed by atoms with van der Waals surface area (Å²) in [5, 5.41) is 10.6. The molecule has 0 saturated carbocycles. The molecule has 2 atom stereocenters. The van der Waals surface area contributed by atoms with Crippen LogP contribution in [0.25, 0.3) is 0 Å². The van der Waals surface area contributed by atoms with E-state index in [0.29, 0.717) is 6.61 Å². The fourth-order valence-corrected chi connectivity index (χ4v) is 2.64. The molecule has 0 spiro atoms. The minimum Gasteiger partial charge on any atom is -0.389 e. The van der Waals surface area contributed by atoms with Gasteiger partial charge in [0.1, 0.15) is 0 Å². The Morgan fingerprint density at radius 3 is 2.82 bits per heavy atom. The summed E-state index contributed by atoms with van der Waals surface area (Å²) in [7, 11) is 0. The summed E-state index contributed by atoms with van der Waals surface area (Å²) in [4.78, 5) is 0. The molecule has 17 heavy (non-hydrogen) atoms. The monoisotopic (exact) mass is 234 g/mol. The second kappa shape index (κ2) is 5.65. The molecule has 1 aromatic carbocycles. The first-order valence-corrected chi connectivity index (χ1v) is 6.60. The highest BCUT2D eigenvalue weighted by molar-refractivity contribution is 5.17. The number of rotatable bonds is 4. The van der Waals surface area contributed by atoms with E-state index in [1.807, 2.05) is 18.2 Å². The average Bonchev–Trinajstić information content (AvgIpc) is 2.30. The Balaban J connectivity index is 1.98. The van der Waals surface area contributed by atoms with Crippen molar-refractivity contribution in [3.05, 3.63) is 35.9 Å². The van der Waals surface area contributed by atoms with E-state index in [2.05, 4.69) is 19.1 Å². The molecule has 1 saturated heterocycles. The van der Waals surface area contributed by atoms with Crippen LogP contribution < -0.4 is 0 Å². The first-order valence-electron chi connectivity index (χ1n) is 6.60. The van der Waals surface area contributed by atoms with E-state index < -0.39 is 5.60 Å². The molecule has 2 unspecified atom stereocenters. The summed E-state index contributed by atoms with van der Waals surface area (Å²) in [5.74, 6) is 0. The summed E-state index contributed by atoms with van der Waals surface area (Å²) < 4.78 is 5.69. The predicted octanol–water partition coefficient (Wildman–Crippen LogP) is 2.94. The fourth-order valence-electron chi connectivity index (χ4n) is 2.64. The van der Waals surface area contributed by atoms with Gasteiger partial charge in [-0.3, -0.25) is 0 Å². The van der Waals surface area contributed by atoms with Gasteiger partial charge in [-0.25, -0.2) is 0 Å². The van der Waals surface area contributed by atoms with Gasteiger partial charge in [-0.1, -0.05) is 43.7 Å². The van der Waals surface area contributed by atoms with Crippen LogP contribution in [-0.4, -0.2) is 23.4 Å². The lowest BCUT2D eigenvalue weighted by molar-refractivity contribution is -0.104.